The Bertz CT molecular complexity index is 732. The average molecular weight is 395 g/mol. The Morgan fingerprint density at radius 2 is 2.08 bits per heavy atom. The second kappa shape index (κ2) is 7.83. The first-order valence-corrected chi connectivity index (χ1v) is 8.80. The minimum absolute atomic E-state index is 0.377. The molecule has 6 heteroatoms. The van der Waals surface area contributed by atoms with Gasteiger partial charge < -0.3 is 14.6 Å². The summed E-state index contributed by atoms with van der Waals surface area (Å²) < 4.78 is 8.33. The molecule has 0 spiro atoms. The summed E-state index contributed by atoms with van der Waals surface area (Å²) in [5.41, 5.74) is 1.29. The molecule has 1 amide bonds. The van der Waals surface area contributed by atoms with Crippen molar-refractivity contribution < 1.29 is 14.3 Å². The number of aldehydes is 1. The van der Waals surface area contributed by atoms with Gasteiger partial charge in [0.15, 0.2) is 0 Å². The van der Waals surface area contributed by atoms with Gasteiger partial charge in [-0.1, -0.05) is 0 Å². The zero-order chi connectivity index (χ0) is 17.7. The summed E-state index contributed by atoms with van der Waals surface area (Å²) in [5, 5.41) is 3.80. The number of carbonyl (C=O) groups excluding carboxylic acids is 2. The molecule has 2 rings (SSSR count). The van der Waals surface area contributed by atoms with Crippen LogP contribution < -0.4 is 5.32 Å². The molecule has 0 unspecified atom stereocenters. The molecular weight excluding hydrogens is 372 g/mol. The molecule has 1 N–H and O–H groups in total. The van der Waals surface area contributed by atoms with E-state index < -0.39 is 5.60 Å². The van der Waals surface area contributed by atoms with Gasteiger partial charge in [0.25, 0.3) is 0 Å². The van der Waals surface area contributed by atoms with E-state index in [4.69, 9.17) is 4.74 Å². The van der Waals surface area contributed by atoms with Crippen LogP contribution in [0, 0.1) is 0 Å². The molecule has 1 aromatic carbocycles. The highest BCUT2D eigenvalue weighted by Crippen LogP contribution is 2.27. The number of unbranched alkanes of at least 4 members (excludes halogenated alkanes) is 1. The van der Waals surface area contributed by atoms with E-state index in [2.05, 4.69) is 25.8 Å². The number of hydrogen-bond donors (Lipinski definition) is 1. The molecular formula is C18H23BrN2O3. The van der Waals surface area contributed by atoms with Crippen molar-refractivity contribution in [3.8, 4) is 0 Å². The third-order valence-corrected chi connectivity index (χ3v) is 4.12. The van der Waals surface area contributed by atoms with Crippen molar-refractivity contribution in [1.29, 1.82) is 0 Å². The fraction of sp³-hybridized carbons (Fsp3) is 0.444. The number of rotatable bonds is 6. The quantitative estimate of drug-likeness (QED) is 0.578. The van der Waals surface area contributed by atoms with E-state index in [0.29, 0.717) is 12.1 Å². The molecule has 24 heavy (non-hydrogen) atoms. The molecule has 0 radical (unpaired) electrons. The van der Waals surface area contributed by atoms with Gasteiger partial charge in [-0.15, -0.1) is 0 Å². The smallest absolute Gasteiger partial charge is 0.407 e. The molecule has 0 saturated heterocycles. The van der Waals surface area contributed by atoms with Crippen LogP contribution in [0.3, 0.4) is 0 Å². The fourth-order valence-corrected chi connectivity index (χ4v) is 3.01. The molecule has 2 aromatic rings. The van der Waals surface area contributed by atoms with Crippen molar-refractivity contribution in [2.24, 2.45) is 0 Å². The van der Waals surface area contributed by atoms with Crippen LogP contribution in [-0.4, -0.2) is 29.1 Å². The maximum Gasteiger partial charge on any atom is 0.407 e. The SMILES string of the molecule is CC(C)(C)OC(=O)NCCCCn1cc(Br)c2cc(C=O)ccc21. The summed E-state index contributed by atoms with van der Waals surface area (Å²) in [6.45, 7) is 6.97. The Morgan fingerprint density at radius 1 is 1.33 bits per heavy atom. The van der Waals surface area contributed by atoms with Crippen LogP contribution >= 0.6 is 15.9 Å². The molecule has 0 atom stereocenters. The number of nitrogens with zero attached hydrogens (tertiary/aromatic N) is 1. The number of halogens is 1. The minimum atomic E-state index is -0.471. The first-order valence-electron chi connectivity index (χ1n) is 8.00. The van der Waals surface area contributed by atoms with Crippen molar-refractivity contribution in [3.63, 3.8) is 0 Å². The van der Waals surface area contributed by atoms with Gasteiger partial charge in [-0.3, -0.25) is 4.79 Å². The first-order chi connectivity index (χ1) is 11.3. The van der Waals surface area contributed by atoms with Crippen LogP contribution in [0.25, 0.3) is 10.9 Å². The van der Waals surface area contributed by atoms with Gasteiger partial charge >= 0.3 is 6.09 Å². The highest BCUT2D eigenvalue weighted by Gasteiger charge is 2.15. The Hall–Kier alpha value is -1.82. The Labute approximate surface area is 150 Å². The molecule has 130 valence electrons. The van der Waals surface area contributed by atoms with Gasteiger partial charge in [0.05, 0.1) is 0 Å². The predicted molar refractivity (Wildman–Crippen MR) is 98.5 cm³/mol. The van der Waals surface area contributed by atoms with Gasteiger partial charge in [0, 0.05) is 40.2 Å². The van der Waals surface area contributed by atoms with Gasteiger partial charge in [0.1, 0.15) is 11.9 Å². The van der Waals surface area contributed by atoms with E-state index in [-0.39, 0.29) is 6.09 Å². The van der Waals surface area contributed by atoms with Crippen LogP contribution in [0.5, 0.6) is 0 Å². The lowest BCUT2D eigenvalue weighted by atomic mass is 10.2. The second-order valence-corrected chi connectivity index (χ2v) is 7.55. The molecule has 0 fully saturated rings. The third kappa shape index (κ3) is 5.09. The van der Waals surface area contributed by atoms with E-state index in [9.17, 15) is 9.59 Å². The number of fused-ring (bicyclic) bond motifs is 1. The number of benzene rings is 1. The van der Waals surface area contributed by atoms with Crippen molar-refractivity contribution in [2.45, 2.75) is 45.8 Å². The van der Waals surface area contributed by atoms with E-state index >= 15 is 0 Å². The second-order valence-electron chi connectivity index (χ2n) is 6.70. The average Bonchev–Trinajstić information content (AvgIpc) is 2.81. The van der Waals surface area contributed by atoms with Crippen LogP contribution in [0.2, 0.25) is 0 Å². The Balaban J connectivity index is 1.84. The van der Waals surface area contributed by atoms with E-state index in [1.54, 1.807) is 0 Å². The number of hydrogen-bond acceptors (Lipinski definition) is 3. The number of carbonyl (C=O) groups is 2. The van der Waals surface area contributed by atoms with E-state index in [1.165, 1.54) is 0 Å². The van der Waals surface area contributed by atoms with Crippen molar-refractivity contribution >= 4 is 39.2 Å². The minimum Gasteiger partial charge on any atom is -0.444 e. The van der Waals surface area contributed by atoms with Crippen LogP contribution in [0.1, 0.15) is 44.0 Å². The lowest BCUT2D eigenvalue weighted by Gasteiger charge is -2.19. The Morgan fingerprint density at radius 3 is 2.75 bits per heavy atom. The van der Waals surface area contributed by atoms with Crippen molar-refractivity contribution in [3.05, 3.63) is 34.4 Å². The maximum atomic E-state index is 11.6. The molecule has 0 saturated carbocycles. The van der Waals surface area contributed by atoms with Crippen LogP contribution in [0.15, 0.2) is 28.9 Å². The zero-order valence-electron chi connectivity index (χ0n) is 14.3. The molecule has 0 aliphatic carbocycles. The number of ether oxygens (including phenoxy) is 1. The van der Waals surface area contributed by atoms with Crippen molar-refractivity contribution in [1.82, 2.24) is 9.88 Å². The van der Waals surface area contributed by atoms with Gasteiger partial charge in [-0.05, 0) is 67.7 Å². The number of nitrogens with one attached hydrogen (secondary N) is 1. The Kier molecular flexibility index (Phi) is 6.04. The van der Waals surface area contributed by atoms with Gasteiger partial charge in [0.2, 0.25) is 0 Å². The fourth-order valence-electron chi connectivity index (χ4n) is 2.44. The molecule has 0 bridgehead atoms. The van der Waals surface area contributed by atoms with Crippen molar-refractivity contribution in [2.75, 3.05) is 6.54 Å². The number of aryl methyl sites for hydroxylation is 1. The lowest BCUT2D eigenvalue weighted by Crippen LogP contribution is -2.33. The summed E-state index contributed by atoms with van der Waals surface area (Å²) in [7, 11) is 0. The molecule has 1 aromatic heterocycles. The topological polar surface area (TPSA) is 60.3 Å². The molecule has 0 aliphatic heterocycles. The zero-order valence-corrected chi connectivity index (χ0v) is 15.9. The molecule has 1 heterocycles. The number of amides is 1. The highest BCUT2D eigenvalue weighted by atomic mass is 79.9. The number of alkyl carbamates (subject to hydrolysis) is 1. The summed E-state index contributed by atoms with van der Waals surface area (Å²) in [5.74, 6) is 0. The standard InChI is InChI=1S/C18H23BrN2O3/c1-18(2,3)24-17(23)20-8-4-5-9-21-11-15(19)14-10-13(12-22)6-7-16(14)21/h6-7,10-12H,4-5,8-9H2,1-3H3,(H,20,23). The van der Waals surface area contributed by atoms with E-state index in [0.717, 1.165) is 41.0 Å². The maximum absolute atomic E-state index is 11.6. The van der Waals surface area contributed by atoms with Gasteiger partial charge in [-0.25, -0.2) is 4.79 Å². The molecule has 5 nitrogen and oxygen atoms in total. The molecule has 0 aliphatic rings. The monoisotopic (exact) mass is 394 g/mol. The largest absolute Gasteiger partial charge is 0.444 e. The van der Waals surface area contributed by atoms with Crippen LogP contribution in [0.4, 0.5) is 4.79 Å². The van der Waals surface area contributed by atoms with E-state index in [1.807, 2.05) is 45.2 Å². The van der Waals surface area contributed by atoms with Gasteiger partial charge in [-0.2, -0.15) is 0 Å². The summed E-state index contributed by atoms with van der Waals surface area (Å²) in [6, 6.07) is 5.66. The predicted octanol–water partition coefficient (Wildman–Crippen LogP) is 4.52. The lowest BCUT2D eigenvalue weighted by molar-refractivity contribution is 0.0526. The summed E-state index contributed by atoms with van der Waals surface area (Å²) >= 11 is 3.54. The third-order valence-electron chi connectivity index (χ3n) is 3.49. The summed E-state index contributed by atoms with van der Waals surface area (Å²) in [4.78, 5) is 22.4. The summed E-state index contributed by atoms with van der Waals surface area (Å²) in [6.07, 6.45) is 4.30. The van der Waals surface area contributed by atoms with Crippen LogP contribution in [-0.2, 0) is 11.3 Å². The first kappa shape index (κ1) is 18.5. The normalized spacial score (nSPS) is 11.5. The highest BCUT2D eigenvalue weighted by molar-refractivity contribution is 9.10. The number of aromatic nitrogens is 1.